The van der Waals surface area contributed by atoms with Gasteiger partial charge >= 0.3 is 0 Å². The van der Waals surface area contributed by atoms with E-state index < -0.39 is 11.4 Å². The molecule has 2 heterocycles. The molecule has 7 nitrogen and oxygen atoms in total. The van der Waals surface area contributed by atoms with Crippen molar-refractivity contribution in [1.82, 2.24) is 19.5 Å². The van der Waals surface area contributed by atoms with Crippen molar-refractivity contribution in [2.24, 2.45) is 5.92 Å². The van der Waals surface area contributed by atoms with Crippen molar-refractivity contribution >= 4 is 17.0 Å². The van der Waals surface area contributed by atoms with Crippen molar-refractivity contribution in [3.8, 4) is 11.3 Å². The quantitative estimate of drug-likeness (QED) is 0.521. The van der Waals surface area contributed by atoms with E-state index in [0.29, 0.717) is 28.5 Å². The van der Waals surface area contributed by atoms with Gasteiger partial charge < -0.3 is 20.1 Å². The van der Waals surface area contributed by atoms with Crippen LogP contribution >= 0.6 is 0 Å². The molecule has 0 spiro atoms. The zero-order chi connectivity index (χ0) is 23.1. The Balaban J connectivity index is 2.17. The lowest BCUT2D eigenvalue weighted by Gasteiger charge is -2.21. The van der Waals surface area contributed by atoms with Crippen LogP contribution in [-0.2, 0) is 5.60 Å². The maximum atomic E-state index is 15.1. The van der Waals surface area contributed by atoms with E-state index in [1.165, 1.54) is 6.07 Å². The standard InChI is InChI=1S/C23H32FN5O2/c1-12(2)17(11-30)26-22-25-10-14(5)19(28-22)15-8-16(24)20-18(9-15)29(13(3)4)21(27-20)23(6,7)31/h8-10,12-13,17,30-31H,11H2,1-7H3,(H,25,26,28)/t17-/m0/s1. The highest BCUT2D eigenvalue weighted by Crippen LogP contribution is 2.33. The number of aryl methyl sites for hydroxylation is 1. The van der Waals surface area contributed by atoms with Crippen LogP contribution in [0.2, 0.25) is 0 Å². The molecule has 0 unspecified atom stereocenters. The van der Waals surface area contributed by atoms with Gasteiger partial charge in [0, 0.05) is 17.8 Å². The highest BCUT2D eigenvalue weighted by atomic mass is 19.1. The number of aromatic nitrogens is 4. The van der Waals surface area contributed by atoms with Crippen molar-refractivity contribution in [2.45, 2.75) is 66.2 Å². The molecule has 0 saturated carbocycles. The molecular formula is C23H32FN5O2. The second-order valence-electron chi connectivity index (χ2n) is 9.19. The molecule has 8 heteroatoms. The number of imidazole rings is 1. The average molecular weight is 430 g/mol. The number of hydrogen-bond acceptors (Lipinski definition) is 6. The van der Waals surface area contributed by atoms with Gasteiger partial charge in [-0.25, -0.2) is 19.3 Å². The number of nitrogens with one attached hydrogen (secondary N) is 1. The molecule has 0 aliphatic rings. The molecular weight excluding hydrogens is 397 g/mol. The Morgan fingerprint density at radius 3 is 2.39 bits per heavy atom. The molecule has 1 aromatic carbocycles. The SMILES string of the molecule is Cc1cnc(N[C@@H](CO)C(C)C)nc1-c1cc(F)c2nc(C(C)(C)O)n(C(C)C)c2c1. The minimum Gasteiger partial charge on any atom is -0.394 e. The molecule has 0 radical (unpaired) electrons. The molecule has 0 aliphatic heterocycles. The molecule has 31 heavy (non-hydrogen) atoms. The van der Waals surface area contributed by atoms with Crippen LogP contribution in [0.3, 0.4) is 0 Å². The van der Waals surface area contributed by atoms with Gasteiger partial charge in [-0.1, -0.05) is 13.8 Å². The van der Waals surface area contributed by atoms with Gasteiger partial charge in [-0.2, -0.15) is 0 Å². The number of halogens is 1. The summed E-state index contributed by atoms with van der Waals surface area (Å²) in [6.45, 7) is 13.1. The predicted molar refractivity (Wildman–Crippen MR) is 120 cm³/mol. The first kappa shape index (κ1) is 23.1. The number of anilines is 1. The molecule has 0 saturated heterocycles. The van der Waals surface area contributed by atoms with Crippen LogP contribution < -0.4 is 5.32 Å². The molecule has 1 atom stereocenters. The molecule has 2 aromatic heterocycles. The van der Waals surface area contributed by atoms with Gasteiger partial charge in [-0.3, -0.25) is 0 Å². The summed E-state index contributed by atoms with van der Waals surface area (Å²) in [7, 11) is 0. The van der Waals surface area contributed by atoms with Crippen molar-refractivity contribution < 1.29 is 14.6 Å². The van der Waals surface area contributed by atoms with Crippen LogP contribution in [0.25, 0.3) is 22.3 Å². The Bertz CT molecular complexity index is 1090. The third-order valence-corrected chi connectivity index (χ3v) is 5.37. The van der Waals surface area contributed by atoms with E-state index in [1.54, 1.807) is 20.0 Å². The van der Waals surface area contributed by atoms with Crippen molar-refractivity contribution in [3.63, 3.8) is 0 Å². The van der Waals surface area contributed by atoms with Gasteiger partial charge in [0.15, 0.2) is 5.82 Å². The molecule has 3 N–H and O–H groups in total. The van der Waals surface area contributed by atoms with Crippen LogP contribution in [0.4, 0.5) is 10.3 Å². The molecule has 3 aromatic rings. The summed E-state index contributed by atoms with van der Waals surface area (Å²) >= 11 is 0. The Morgan fingerprint density at radius 1 is 1.16 bits per heavy atom. The van der Waals surface area contributed by atoms with Gasteiger partial charge in [0.1, 0.15) is 16.9 Å². The van der Waals surface area contributed by atoms with Crippen molar-refractivity contribution in [1.29, 1.82) is 0 Å². The third-order valence-electron chi connectivity index (χ3n) is 5.37. The first-order valence-corrected chi connectivity index (χ1v) is 10.6. The summed E-state index contributed by atoms with van der Waals surface area (Å²) in [5, 5.41) is 23.3. The number of fused-ring (bicyclic) bond motifs is 1. The number of hydrogen-bond donors (Lipinski definition) is 3. The maximum Gasteiger partial charge on any atom is 0.223 e. The second-order valence-corrected chi connectivity index (χ2v) is 9.19. The topological polar surface area (TPSA) is 96.1 Å². The zero-order valence-corrected chi connectivity index (χ0v) is 19.2. The summed E-state index contributed by atoms with van der Waals surface area (Å²) < 4.78 is 17.0. The van der Waals surface area contributed by atoms with Crippen LogP contribution in [0, 0.1) is 18.7 Å². The molecule has 0 fully saturated rings. The minimum atomic E-state index is -1.21. The fourth-order valence-corrected chi connectivity index (χ4v) is 3.64. The van der Waals surface area contributed by atoms with E-state index in [1.807, 2.05) is 45.3 Å². The summed E-state index contributed by atoms with van der Waals surface area (Å²) in [5.41, 5.74) is 1.60. The third kappa shape index (κ3) is 4.55. The fraction of sp³-hybridized carbons (Fsp3) is 0.522. The van der Waals surface area contributed by atoms with Crippen LogP contribution in [0.1, 0.15) is 59.0 Å². The van der Waals surface area contributed by atoms with Crippen molar-refractivity contribution in [3.05, 3.63) is 35.5 Å². The molecule has 3 rings (SSSR count). The number of benzene rings is 1. The van der Waals surface area contributed by atoms with Crippen LogP contribution in [0.15, 0.2) is 18.3 Å². The maximum absolute atomic E-state index is 15.1. The monoisotopic (exact) mass is 429 g/mol. The van der Waals surface area contributed by atoms with E-state index in [-0.39, 0.29) is 30.1 Å². The summed E-state index contributed by atoms with van der Waals surface area (Å²) in [6.07, 6.45) is 1.68. The highest BCUT2D eigenvalue weighted by Gasteiger charge is 2.28. The molecule has 0 amide bonds. The molecule has 0 aliphatic carbocycles. The van der Waals surface area contributed by atoms with Gasteiger partial charge in [0.05, 0.1) is 23.9 Å². The Labute approximate surface area is 182 Å². The van der Waals surface area contributed by atoms with Gasteiger partial charge in [-0.15, -0.1) is 0 Å². The number of aliphatic hydroxyl groups is 2. The van der Waals surface area contributed by atoms with E-state index >= 15 is 4.39 Å². The predicted octanol–water partition coefficient (Wildman–Crippen LogP) is 4.18. The first-order chi connectivity index (χ1) is 14.4. The molecule has 168 valence electrons. The number of rotatable bonds is 7. The first-order valence-electron chi connectivity index (χ1n) is 10.6. The fourth-order valence-electron chi connectivity index (χ4n) is 3.64. The number of nitrogens with zero attached hydrogens (tertiary/aromatic N) is 4. The highest BCUT2D eigenvalue weighted by molar-refractivity contribution is 5.83. The number of aliphatic hydroxyl groups excluding tert-OH is 1. The van der Waals surface area contributed by atoms with E-state index in [9.17, 15) is 10.2 Å². The van der Waals surface area contributed by atoms with E-state index in [2.05, 4.69) is 20.3 Å². The van der Waals surface area contributed by atoms with Gasteiger partial charge in [-0.05, 0) is 58.2 Å². The van der Waals surface area contributed by atoms with E-state index in [4.69, 9.17) is 0 Å². The van der Waals surface area contributed by atoms with Crippen LogP contribution in [-0.4, -0.2) is 42.4 Å². The molecule has 0 bridgehead atoms. The Morgan fingerprint density at radius 2 is 1.84 bits per heavy atom. The Kier molecular flexibility index (Phi) is 6.34. The van der Waals surface area contributed by atoms with E-state index in [0.717, 1.165) is 5.56 Å². The lowest BCUT2D eigenvalue weighted by atomic mass is 10.1. The zero-order valence-electron chi connectivity index (χ0n) is 19.2. The van der Waals surface area contributed by atoms with Crippen molar-refractivity contribution in [2.75, 3.05) is 11.9 Å². The largest absolute Gasteiger partial charge is 0.394 e. The average Bonchev–Trinajstić information content (AvgIpc) is 3.07. The van der Waals surface area contributed by atoms with Gasteiger partial charge in [0.2, 0.25) is 5.95 Å². The second kappa shape index (κ2) is 8.51. The normalized spacial score (nSPS) is 13.4. The lowest BCUT2D eigenvalue weighted by Crippen LogP contribution is -2.30. The summed E-state index contributed by atoms with van der Waals surface area (Å²) in [5.74, 6) is 0.509. The Hall–Kier alpha value is -2.58. The smallest absolute Gasteiger partial charge is 0.223 e. The van der Waals surface area contributed by atoms with Crippen LogP contribution in [0.5, 0.6) is 0 Å². The lowest BCUT2D eigenvalue weighted by molar-refractivity contribution is 0.0641. The van der Waals surface area contributed by atoms with Gasteiger partial charge in [0.25, 0.3) is 0 Å². The summed E-state index contributed by atoms with van der Waals surface area (Å²) in [6, 6.07) is 3.05. The summed E-state index contributed by atoms with van der Waals surface area (Å²) in [4.78, 5) is 13.3. The minimum absolute atomic E-state index is 0.0267.